The van der Waals surface area contributed by atoms with Crippen molar-refractivity contribution in [1.29, 1.82) is 0 Å². The summed E-state index contributed by atoms with van der Waals surface area (Å²) in [4.78, 5) is 13.9. The molecule has 0 aliphatic carbocycles. The molecule has 162 valence electrons. The van der Waals surface area contributed by atoms with E-state index in [1.54, 1.807) is 13.3 Å². The first-order valence-corrected chi connectivity index (χ1v) is 10.8. The van der Waals surface area contributed by atoms with Crippen molar-refractivity contribution in [1.82, 2.24) is 15.0 Å². The monoisotopic (exact) mass is 418 g/mol. The Kier molecular flexibility index (Phi) is 6.18. The first-order valence-electron chi connectivity index (χ1n) is 10.8. The number of nitrogens with one attached hydrogen (secondary N) is 1. The van der Waals surface area contributed by atoms with Gasteiger partial charge in [0, 0.05) is 48.2 Å². The fraction of sp³-hybridized carbons (Fsp3) is 0.400. The van der Waals surface area contributed by atoms with Crippen LogP contribution in [-0.2, 0) is 10.2 Å². The van der Waals surface area contributed by atoms with Crippen LogP contribution in [0.15, 0.2) is 42.6 Å². The van der Waals surface area contributed by atoms with Crippen molar-refractivity contribution in [3.63, 3.8) is 0 Å². The van der Waals surface area contributed by atoms with Crippen LogP contribution in [0.5, 0.6) is 5.75 Å². The minimum absolute atomic E-state index is 0.0912. The molecule has 0 radical (unpaired) electrons. The highest BCUT2D eigenvalue weighted by atomic mass is 16.5. The molecule has 0 bridgehead atoms. The summed E-state index contributed by atoms with van der Waals surface area (Å²) < 4.78 is 11.5. The fourth-order valence-electron chi connectivity index (χ4n) is 4.20. The predicted molar refractivity (Wildman–Crippen MR) is 123 cm³/mol. The minimum atomic E-state index is -0.0912. The van der Waals surface area contributed by atoms with Crippen LogP contribution in [0.3, 0.4) is 0 Å². The Hall–Kier alpha value is -2.99. The molecule has 6 heteroatoms. The number of ether oxygens (including phenoxy) is 2. The van der Waals surface area contributed by atoms with E-state index in [4.69, 9.17) is 14.5 Å². The lowest BCUT2D eigenvalue weighted by Gasteiger charge is -2.39. The first-order chi connectivity index (χ1) is 15.0. The van der Waals surface area contributed by atoms with Gasteiger partial charge in [0.25, 0.3) is 0 Å². The molecule has 1 N–H and O–H groups in total. The molecule has 0 amide bonds. The number of aryl methyl sites for hydroxylation is 2. The molecule has 3 heterocycles. The molecular weight excluding hydrogens is 388 g/mol. The molecule has 1 fully saturated rings. The number of rotatable bonds is 6. The van der Waals surface area contributed by atoms with Crippen molar-refractivity contribution in [3.8, 4) is 17.3 Å². The Morgan fingerprint density at radius 3 is 2.58 bits per heavy atom. The molecule has 0 atom stereocenters. The predicted octanol–water partition coefficient (Wildman–Crippen LogP) is 4.63. The number of benzene rings is 1. The number of pyridine rings is 1. The number of aromatic nitrogens is 3. The van der Waals surface area contributed by atoms with E-state index < -0.39 is 0 Å². The quantitative estimate of drug-likeness (QED) is 0.629. The summed E-state index contributed by atoms with van der Waals surface area (Å²) in [5, 5.41) is 3.65. The molecule has 3 aromatic rings. The molecule has 6 nitrogen and oxygen atoms in total. The van der Waals surface area contributed by atoms with E-state index in [2.05, 4.69) is 47.3 Å². The zero-order valence-corrected chi connectivity index (χ0v) is 18.7. The molecule has 1 aromatic carbocycles. The lowest BCUT2D eigenvalue weighted by Crippen LogP contribution is -2.40. The van der Waals surface area contributed by atoms with Crippen molar-refractivity contribution in [2.45, 2.75) is 39.0 Å². The number of hydrogen-bond acceptors (Lipinski definition) is 6. The molecule has 31 heavy (non-hydrogen) atoms. The molecule has 1 saturated heterocycles. The number of nitrogens with zero attached hydrogens (tertiary/aromatic N) is 3. The Bertz CT molecular complexity index is 1050. The molecule has 1 aliphatic rings. The summed E-state index contributed by atoms with van der Waals surface area (Å²) in [6.07, 6.45) is 3.62. The highest BCUT2D eigenvalue weighted by Gasteiger charge is 2.37. The lowest BCUT2D eigenvalue weighted by molar-refractivity contribution is 0.0535. The Morgan fingerprint density at radius 1 is 1.06 bits per heavy atom. The van der Waals surface area contributed by atoms with Gasteiger partial charge in [0.1, 0.15) is 17.3 Å². The molecule has 4 rings (SSSR count). The molecule has 2 aromatic heterocycles. The van der Waals surface area contributed by atoms with Gasteiger partial charge in [-0.25, -0.2) is 9.97 Å². The van der Waals surface area contributed by atoms with Gasteiger partial charge in [-0.3, -0.25) is 4.98 Å². The Balaban J connectivity index is 1.69. The maximum absolute atomic E-state index is 5.75. The van der Waals surface area contributed by atoms with Gasteiger partial charge in [-0.15, -0.1) is 0 Å². The summed E-state index contributed by atoms with van der Waals surface area (Å²) in [5.74, 6) is 2.42. The van der Waals surface area contributed by atoms with Gasteiger partial charge in [0.05, 0.1) is 7.11 Å². The summed E-state index contributed by atoms with van der Waals surface area (Å²) >= 11 is 0. The van der Waals surface area contributed by atoms with Crippen molar-refractivity contribution in [2.24, 2.45) is 0 Å². The third-order valence-corrected chi connectivity index (χ3v) is 6.25. The first kappa shape index (κ1) is 21.2. The maximum atomic E-state index is 5.75. The van der Waals surface area contributed by atoms with Crippen molar-refractivity contribution < 1.29 is 9.47 Å². The highest BCUT2D eigenvalue weighted by Crippen LogP contribution is 2.40. The van der Waals surface area contributed by atoms with Gasteiger partial charge in [-0.2, -0.15) is 0 Å². The maximum Gasteiger partial charge on any atom is 0.180 e. The largest absolute Gasteiger partial charge is 0.496 e. The second kappa shape index (κ2) is 9.02. The van der Waals surface area contributed by atoms with Crippen LogP contribution in [0.2, 0.25) is 0 Å². The van der Waals surface area contributed by atoms with Crippen molar-refractivity contribution in [3.05, 3.63) is 65.0 Å². The van der Waals surface area contributed by atoms with E-state index in [-0.39, 0.29) is 5.41 Å². The van der Waals surface area contributed by atoms with Gasteiger partial charge in [0.2, 0.25) is 0 Å². The van der Waals surface area contributed by atoms with Gasteiger partial charge in [0.15, 0.2) is 5.82 Å². The summed E-state index contributed by atoms with van der Waals surface area (Å²) in [6, 6.07) is 12.2. The van der Waals surface area contributed by atoms with E-state index in [9.17, 15) is 0 Å². The number of hydrogen-bond donors (Lipinski definition) is 1. The third kappa shape index (κ3) is 4.39. The topological polar surface area (TPSA) is 69.2 Å². The molecular formula is C25H30N4O2. The molecule has 1 aliphatic heterocycles. The van der Waals surface area contributed by atoms with Crippen LogP contribution in [0.25, 0.3) is 11.5 Å². The standard InChI is InChI=1S/C25H30N4O2/c1-17-8-9-22(30-4)20(15-17)25(10-13-31-14-11-25)16-27-23-18(2)19(3)28-24(29-23)21-7-5-6-12-26-21/h5-9,12,15H,10-11,13-14,16H2,1-4H3,(H,27,28,29). The van der Waals surface area contributed by atoms with Crippen molar-refractivity contribution >= 4 is 5.82 Å². The summed E-state index contributed by atoms with van der Waals surface area (Å²) in [7, 11) is 1.74. The average Bonchev–Trinajstić information content (AvgIpc) is 2.81. The lowest BCUT2D eigenvalue weighted by atomic mass is 9.73. The second-order valence-electron chi connectivity index (χ2n) is 8.27. The zero-order chi connectivity index (χ0) is 21.8. The van der Waals surface area contributed by atoms with E-state index in [1.165, 1.54) is 11.1 Å². The number of anilines is 1. The Labute approximate surface area is 184 Å². The second-order valence-corrected chi connectivity index (χ2v) is 8.27. The van der Waals surface area contributed by atoms with E-state index in [0.717, 1.165) is 61.1 Å². The van der Waals surface area contributed by atoms with Gasteiger partial charge in [-0.05, 0) is 51.8 Å². The average molecular weight is 419 g/mol. The molecule has 0 saturated carbocycles. The van der Waals surface area contributed by atoms with Gasteiger partial charge < -0.3 is 14.8 Å². The van der Waals surface area contributed by atoms with E-state index in [1.807, 2.05) is 25.1 Å². The zero-order valence-electron chi connectivity index (χ0n) is 18.7. The van der Waals surface area contributed by atoms with E-state index in [0.29, 0.717) is 5.82 Å². The molecule has 0 spiro atoms. The van der Waals surface area contributed by atoms with Gasteiger partial charge in [-0.1, -0.05) is 23.8 Å². The normalized spacial score (nSPS) is 15.5. The third-order valence-electron chi connectivity index (χ3n) is 6.25. The minimum Gasteiger partial charge on any atom is -0.496 e. The molecule has 0 unspecified atom stereocenters. The van der Waals surface area contributed by atoms with Crippen LogP contribution >= 0.6 is 0 Å². The highest BCUT2D eigenvalue weighted by molar-refractivity contribution is 5.56. The Morgan fingerprint density at radius 2 is 1.87 bits per heavy atom. The van der Waals surface area contributed by atoms with Crippen LogP contribution in [0.4, 0.5) is 5.82 Å². The van der Waals surface area contributed by atoms with Crippen molar-refractivity contribution in [2.75, 3.05) is 32.2 Å². The number of methoxy groups -OCH3 is 1. The summed E-state index contributed by atoms with van der Waals surface area (Å²) in [6.45, 7) is 8.42. The van der Waals surface area contributed by atoms with Gasteiger partial charge >= 0.3 is 0 Å². The fourth-order valence-corrected chi connectivity index (χ4v) is 4.20. The van der Waals surface area contributed by atoms with Crippen LogP contribution in [0, 0.1) is 20.8 Å². The smallest absolute Gasteiger partial charge is 0.180 e. The van der Waals surface area contributed by atoms with Crippen LogP contribution < -0.4 is 10.1 Å². The van der Waals surface area contributed by atoms with E-state index >= 15 is 0 Å². The van der Waals surface area contributed by atoms with Crippen LogP contribution in [0.1, 0.15) is 35.2 Å². The summed E-state index contributed by atoms with van der Waals surface area (Å²) in [5.41, 5.74) is 5.15. The van der Waals surface area contributed by atoms with Crippen LogP contribution in [-0.4, -0.2) is 41.8 Å². The SMILES string of the molecule is COc1ccc(C)cc1C1(CNc2nc(-c3ccccn3)nc(C)c2C)CCOCC1.